The smallest absolute Gasteiger partial charge is 0.337 e. The molecule has 7 nitrogen and oxygen atoms in total. The highest BCUT2D eigenvalue weighted by Crippen LogP contribution is 2.16. The van der Waals surface area contributed by atoms with E-state index in [0.29, 0.717) is 11.4 Å². The fourth-order valence-corrected chi connectivity index (χ4v) is 2.50. The number of carboxylic acid groups (broad SMARTS) is 1. The Labute approximate surface area is 115 Å². The Bertz CT molecular complexity index is 742. The molecule has 0 bridgehead atoms. The lowest BCUT2D eigenvalue weighted by Crippen LogP contribution is -2.15. The number of aromatic nitrogens is 2. The van der Waals surface area contributed by atoms with E-state index in [2.05, 4.69) is 14.7 Å². The zero-order valence-corrected chi connectivity index (χ0v) is 11.3. The first-order valence-electron chi connectivity index (χ1n) is 5.54. The highest BCUT2D eigenvalue weighted by atomic mass is 32.2. The lowest BCUT2D eigenvalue weighted by atomic mass is 10.3. The van der Waals surface area contributed by atoms with E-state index in [9.17, 15) is 13.2 Å². The molecule has 0 aliphatic carbocycles. The molecule has 0 fully saturated rings. The van der Waals surface area contributed by atoms with Gasteiger partial charge in [-0.3, -0.25) is 9.71 Å². The molecule has 2 aromatic rings. The lowest BCUT2D eigenvalue weighted by Gasteiger charge is -2.09. The Morgan fingerprint density at radius 1 is 1.25 bits per heavy atom. The van der Waals surface area contributed by atoms with E-state index in [0.717, 1.165) is 12.3 Å². The minimum absolute atomic E-state index is 0.0819. The molecular formula is C12H11N3O4S. The van der Waals surface area contributed by atoms with Gasteiger partial charge in [0.25, 0.3) is 10.0 Å². The fourth-order valence-electron chi connectivity index (χ4n) is 1.45. The van der Waals surface area contributed by atoms with Crippen molar-refractivity contribution < 1.29 is 18.3 Å². The Balaban J connectivity index is 2.31. The second-order valence-corrected chi connectivity index (χ2v) is 5.56. The number of anilines is 1. The van der Waals surface area contributed by atoms with E-state index < -0.39 is 16.0 Å². The van der Waals surface area contributed by atoms with Gasteiger partial charge in [-0.25, -0.2) is 9.78 Å². The van der Waals surface area contributed by atoms with Crippen LogP contribution in [-0.4, -0.2) is 29.5 Å². The molecule has 2 rings (SSSR count). The first-order valence-corrected chi connectivity index (χ1v) is 7.02. The number of aromatic carboxylic acids is 1. The minimum Gasteiger partial charge on any atom is -0.478 e. The fraction of sp³-hybridized carbons (Fsp3) is 0.0833. The predicted octanol–water partition coefficient (Wildman–Crippen LogP) is 1.28. The third kappa shape index (κ3) is 2.91. The standard InChI is InChI=1S/C12H11N3O4S/c1-8-10(3-2-6-13-8)15-20(18,19)11-5-4-9(7-14-11)12(16)17/h2-7,15H,1H3,(H,16,17). The summed E-state index contributed by atoms with van der Waals surface area (Å²) in [6.07, 6.45) is 2.54. The van der Waals surface area contributed by atoms with Crippen LogP contribution in [0.2, 0.25) is 0 Å². The molecule has 0 aliphatic rings. The first-order chi connectivity index (χ1) is 9.40. The summed E-state index contributed by atoms with van der Waals surface area (Å²) in [4.78, 5) is 18.3. The summed E-state index contributed by atoms with van der Waals surface area (Å²) in [5, 5.41) is 8.48. The van der Waals surface area contributed by atoms with Crippen LogP contribution in [0.3, 0.4) is 0 Å². The number of nitrogens with one attached hydrogen (secondary N) is 1. The van der Waals surface area contributed by atoms with Crippen molar-refractivity contribution in [2.45, 2.75) is 11.9 Å². The minimum atomic E-state index is -3.87. The third-order valence-corrected chi connectivity index (χ3v) is 3.79. The van der Waals surface area contributed by atoms with E-state index in [4.69, 9.17) is 5.11 Å². The van der Waals surface area contributed by atoms with Gasteiger partial charge in [-0.05, 0) is 31.2 Å². The van der Waals surface area contributed by atoms with Gasteiger partial charge in [0.05, 0.1) is 16.9 Å². The topological polar surface area (TPSA) is 109 Å². The van der Waals surface area contributed by atoms with Gasteiger partial charge in [0.15, 0.2) is 5.03 Å². The first kappa shape index (κ1) is 13.9. The van der Waals surface area contributed by atoms with Crippen molar-refractivity contribution in [3.8, 4) is 0 Å². The number of hydrogen-bond acceptors (Lipinski definition) is 5. The average molecular weight is 293 g/mol. The molecular weight excluding hydrogens is 282 g/mol. The summed E-state index contributed by atoms with van der Waals surface area (Å²) in [6.45, 7) is 1.67. The van der Waals surface area contributed by atoms with Crippen LogP contribution in [-0.2, 0) is 10.0 Å². The molecule has 0 saturated heterocycles. The van der Waals surface area contributed by atoms with Crippen molar-refractivity contribution in [1.82, 2.24) is 9.97 Å². The number of nitrogens with zero attached hydrogens (tertiary/aromatic N) is 2. The van der Waals surface area contributed by atoms with Gasteiger partial charge < -0.3 is 5.11 Å². The molecule has 0 unspecified atom stereocenters. The Kier molecular flexibility index (Phi) is 3.66. The molecule has 0 saturated carbocycles. The normalized spacial score (nSPS) is 11.1. The number of carboxylic acids is 1. The highest BCUT2D eigenvalue weighted by molar-refractivity contribution is 7.92. The predicted molar refractivity (Wildman–Crippen MR) is 71.0 cm³/mol. The lowest BCUT2D eigenvalue weighted by molar-refractivity contribution is 0.0696. The molecule has 104 valence electrons. The van der Waals surface area contributed by atoms with E-state index in [1.807, 2.05) is 0 Å². The van der Waals surface area contributed by atoms with Crippen molar-refractivity contribution in [3.63, 3.8) is 0 Å². The van der Waals surface area contributed by atoms with Crippen LogP contribution >= 0.6 is 0 Å². The summed E-state index contributed by atoms with van der Waals surface area (Å²) in [5.41, 5.74) is 0.788. The summed E-state index contributed by atoms with van der Waals surface area (Å²) in [7, 11) is -3.87. The van der Waals surface area contributed by atoms with E-state index in [1.165, 1.54) is 6.07 Å². The molecule has 2 aromatic heterocycles. The van der Waals surface area contributed by atoms with Crippen molar-refractivity contribution in [2.75, 3.05) is 4.72 Å². The highest BCUT2D eigenvalue weighted by Gasteiger charge is 2.17. The van der Waals surface area contributed by atoms with Gasteiger partial charge in [0.1, 0.15) is 0 Å². The van der Waals surface area contributed by atoms with Crippen molar-refractivity contribution >= 4 is 21.7 Å². The van der Waals surface area contributed by atoms with Crippen molar-refractivity contribution in [2.24, 2.45) is 0 Å². The summed E-state index contributed by atoms with van der Waals surface area (Å²) < 4.78 is 26.5. The number of pyridine rings is 2. The number of sulfonamides is 1. The van der Waals surface area contributed by atoms with Gasteiger partial charge >= 0.3 is 5.97 Å². The molecule has 20 heavy (non-hydrogen) atoms. The largest absolute Gasteiger partial charge is 0.478 e. The second-order valence-electron chi connectivity index (χ2n) is 3.93. The molecule has 0 atom stereocenters. The maximum atomic E-state index is 12.1. The summed E-state index contributed by atoms with van der Waals surface area (Å²) in [5.74, 6) is -1.17. The molecule has 0 aliphatic heterocycles. The van der Waals surface area contributed by atoms with Crippen LogP contribution < -0.4 is 4.72 Å². The Hall–Kier alpha value is -2.48. The van der Waals surface area contributed by atoms with Crippen molar-refractivity contribution in [1.29, 1.82) is 0 Å². The maximum Gasteiger partial charge on any atom is 0.337 e. The summed E-state index contributed by atoms with van der Waals surface area (Å²) in [6, 6.07) is 5.49. The van der Waals surface area contributed by atoms with Gasteiger partial charge in [-0.2, -0.15) is 8.42 Å². The molecule has 2 N–H and O–H groups in total. The van der Waals surface area contributed by atoms with Crippen LogP contribution in [0.1, 0.15) is 16.1 Å². The molecule has 0 amide bonds. The Morgan fingerprint density at radius 3 is 2.55 bits per heavy atom. The van der Waals surface area contributed by atoms with Crippen LogP contribution in [0.4, 0.5) is 5.69 Å². The van der Waals surface area contributed by atoms with E-state index in [1.54, 1.807) is 25.3 Å². The van der Waals surface area contributed by atoms with Gasteiger partial charge in [-0.1, -0.05) is 0 Å². The monoisotopic (exact) mass is 293 g/mol. The SMILES string of the molecule is Cc1ncccc1NS(=O)(=O)c1ccc(C(=O)O)cn1. The van der Waals surface area contributed by atoms with Crippen LogP contribution in [0.15, 0.2) is 41.7 Å². The van der Waals surface area contributed by atoms with E-state index in [-0.39, 0.29) is 10.6 Å². The van der Waals surface area contributed by atoms with Crippen LogP contribution in [0.25, 0.3) is 0 Å². The zero-order valence-electron chi connectivity index (χ0n) is 10.4. The van der Waals surface area contributed by atoms with Gasteiger partial charge in [0, 0.05) is 12.4 Å². The number of carbonyl (C=O) groups is 1. The Morgan fingerprint density at radius 2 is 2.00 bits per heavy atom. The van der Waals surface area contributed by atoms with Crippen LogP contribution in [0.5, 0.6) is 0 Å². The molecule has 0 radical (unpaired) electrons. The van der Waals surface area contributed by atoms with Crippen molar-refractivity contribution in [3.05, 3.63) is 47.9 Å². The number of rotatable bonds is 4. The van der Waals surface area contributed by atoms with E-state index >= 15 is 0 Å². The quantitative estimate of drug-likeness (QED) is 0.879. The maximum absolute atomic E-state index is 12.1. The molecule has 2 heterocycles. The molecule has 8 heteroatoms. The van der Waals surface area contributed by atoms with Crippen LogP contribution in [0, 0.1) is 6.92 Å². The second kappa shape index (κ2) is 5.25. The number of hydrogen-bond donors (Lipinski definition) is 2. The number of aryl methyl sites for hydroxylation is 1. The average Bonchev–Trinajstić information content (AvgIpc) is 2.41. The van der Waals surface area contributed by atoms with Gasteiger partial charge in [-0.15, -0.1) is 0 Å². The molecule has 0 spiro atoms. The summed E-state index contributed by atoms with van der Waals surface area (Å²) >= 11 is 0. The zero-order chi connectivity index (χ0) is 14.8. The third-order valence-electron chi connectivity index (χ3n) is 2.51. The van der Waals surface area contributed by atoms with Gasteiger partial charge in [0.2, 0.25) is 0 Å². The molecule has 0 aromatic carbocycles.